The fourth-order valence-corrected chi connectivity index (χ4v) is 6.44. The van der Waals surface area contributed by atoms with Crippen LogP contribution in [0.1, 0.15) is 52.5 Å². The maximum absolute atomic E-state index is 14.6. The zero-order valence-corrected chi connectivity index (χ0v) is 25.4. The first-order chi connectivity index (χ1) is 21.4. The van der Waals surface area contributed by atoms with Crippen LogP contribution >= 0.6 is 11.5 Å². The zero-order valence-electron chi connectivity index (χ0n) is 24.6. The van der Waals surface area contributed by atoms with Crippen LogP contribution in [0.3, 0.4) is 0 Å². The molecule has 1 fully saturated rings. The number of nitrogens with zero attached hydrogens (tertiary/aromatic N) is 2. The molecular weight excluding hydrogens is 580 g/mol. The third-order valence-corrected chi connectivity index (χ3v) is 8.88. The molecule has 1 aromatic heterocycles. The number of carbonyl (C=O) groups excluding carboxylic acids is 2. The SMILES string of the molecule is COc1ccc(-c2nsc(C(=O)N(Cc3ccc4c(c3)OCO4)[C@H](C(=O)NC3CCCC3)c3ccc(OC)cc3)c2N)cc1. The predicted molar refractivity (Wildman–Crippen MR) is 167 cm³/mol. The third kappa shape index (κ3) is 6.00. The Labute approximate surface area is 259 Å². The monoisotopic (exact) mass is 614 g/mol. The van der Waals surface area contributed by atoms with Crippen molar-refractivity contribution in [1.82, 2.24) is 14.6 Å². The van der Waals surface area contributed by atoms with Gasteiger partial charge < -0.3 is 34.9 Å². The average molecular weight is 615 g/mol. The number of ether oxygens (including phenoxy) is 4. The molecule has 1 saturated carbocycles. The second-order valence-corrected chi connectivity index (χ2v) is 11.6. The molecule has 4 aromatic rings. The van der Waals surface area contributed by atoms with Crippen LogP contribution in [-0.2, 0) is 11.3 Å². The number of nitrogens with two attached hydrogens (primary N) is 1. The van der Waals surface area contributed by atoms with Crippen LogP contribution in [0.4, 0.5) is 5.69 Å². The Morgan fingerprint density at radius 3 is 2.32 bits per heavy atom. The molecule has 0 saturated heterocycles. The van der Waals surface area contributed by atoms with Crippen LogP contribution in [0.2, 0.25) is 0 Å². The Hall–Kier alpha value is -4.77. The first kappa shape index (κ1) is 29.3. The molecule has 1 aliphatic heterocycles. The van der Waals surface area contributed by atoms with Crippen LogP contribution in [0.15, 0.2) is 66.7 Å². The second-order valence-electron chi connectivity index (χ2n) is 10.8. The van der Waals surface area contributed by atoms with E-state index in [2.05, 4.69) is 9.69 Å². The minimum Gasteiger partial charge on any atom is -0.497 e. The summed E-state index contributed by atoms with van der Waals surface area (Å²) in [7, 11) is 3.18. The third-order valence-electron chi connectivity index (χ3n) is 8.03. The number of fused-ring (bicyclic) bond motifs is 1. The molecule has 0 radical (unpaired) electrons. The van der Waals surface area contributed by atoms with Gasteiger partial charge in [-0.25, -0.2) is 0 Å². The summed E-state index contributed by atoms with van der Waals surface area (Å²) in [5.74, 6) is 1.91. The summed E-state index contributed by atoms with van der Waals surface area (Å²) in [5.41, 5.74) is 9.54. The highest BCUT2D eigenvalue weighted by Gasteiger charge is 2.36. The van der Waals surface area contributed by atoms with E-state index in [-0.39, 0.29) is 35.9 Å². The van der Waals surface area contributed by atoms with Gasteiger partial charge in [0.25, 0.3) is 5.91 Å². The number of benzene rings is 3. The van der Waals surface area contributed by atoms with Crippen LogP contribution in [0.25, 0.3) is 11.3 Å². The molecule has 0 bridgehead atoms. The Morgan fingerprint density at radius 1 is 0.977 bits per heavy atom. The van der Waals surface area contributed by atoms with Crippen molar-refractivity contribution in [2.45, 2.75) is 44.3 Å². The van der Waals surface area contributed by atoms with E-state index in [4.69, 9.17) is 24.7 Å². The van der Waals surface area contributed by atoms with Gasteiger partial charge in [0.1, 0.15) is 28.1 Å². The lowest BCUT2D eigenvalue weighted by Crippen LogP contribution is -2.45. The van der Waals surface area contributed by atoms with Crippen molar-refractivity contribution < 1.29 is 28.5 Å². The topological polar surface area (TPSA) is 125 Å². The van der Waals surface area contributed by atoms with Gasteiger partial charge in [-0.3, -0.25) is 9.59 Å². The number of hydrogen-bond acceptors (Lipinski definition) is 9. The molecule has 3 aromatic carbocycles. The predicted octanol–water partition coefficient (Wildman–Crippen LogP) is 5.58. The summed E-state index contributed by atoms with van der Waals surface area (Å²) in [5, 5.41) is 3.21. The van der Waals surface area contributed by atoms with Crippen molar-refractivity contribution >= 4 is 29.0 Å². The summed E-state index contributed by atoms with van der Waals surface area (Å²) in [6, 6.07) is 19.1. The lowest BCUT2D eigenvalue weighted by Gasteiger charge is -2.32. The molecule has 2 heterocycles. The number of amides is 2. The van der Waals surface area contributed by atoms with E-state index in [9.17, 15) is 9.59 Å². The van der Waals surface area contributed by atoms with E-state index in [1.54, 1.807) is 31.3 Å². The van der Waals surface area contributed by atoms with Crippen molar-refractivity contribution in [3.8, 4) is 34.3 Å². The van der Waals surface area contributed by atoms with Gasteiger partial charge in [-0.05, 0) is 84.0 Å². The van der Waals surface area contributed by atoms with Gasteiger partial charge in [0, 0.05) is 18.2 Å². The van der Waals surface area contributed by atoms with Gasteiger partial charge in [-0.2, -0.15) is 4.37 Å². The van der Waals surface area contributed by atoms with E-state index in [0.717, 1.165) is 48.3 Å². The van der Waals surface area contributed by atoms with Gasteiger partial charge >= 0.3 is 0 Å². The van der Waals surface area contributed by atoms with Crippen molar-refractivity contribution in [2.75, 3.05) is 26.7 Å². The number of carbonyl (C=O) groups is 2. The number of anilines is 1. The lowest BCUT2D eigenvalue weighted by molar-refractivity contribution is -0.126. The number of nitrogen functional groups attached to an aromatic ring is 1. The summed E-state index contributed by atoms with van der Waals surface area (Å²) in [4.78, 5) is 30.5. The first-order valence-corrected chi connectivity index (χ1v) is 15.3. The Balaban J connectivity index is 1.41. The lowest BCUT2D eigenvalue weighted by atomic mass is 10.0. The number of hydrogen-bond donors (Lipinski definition) is 2. The summed E-state index contributed by atoms with van der Waals surface area (Å²) in [6.45, 7) is 0.241. The van der Waals surface area contributed by atoms with E-state index in [1.165, 1.54) is 0 Å². The summed E-state index contributed by atoms with van der Waals surface area (Å²) in [6.07, 6.45) is 3.93. The molecule has 0 unspecified atom stereocenters. The molecular formula is C33H34N4O6S. The Bertz CT molecular complexity index is 1630. The van der Waals surface area contributed by atoms with Gasteiger partial charge in [0.05, 0.1) is 19.9 Å². The fraction of sp³-hybridized carbons (Fsp3) is 0.303. The van der Waals surface area contributed by atoms with Gasteiger partial charge in [-0.15, -0.1) is 0 Å². The summed E-state index contributed by atoms with van der Waals surface area (Å²) < 4.78 is 26.3. The maximum atomic E-state index is 14.6. The standard InChI is InChI=1S/C33H34N4O6S/c1-40-24-12-8-21(9-13-24)29-28(34)31(44-36-29)33(39)37(18-20-7-16-26-27(17-20)43-19-42-26)30(22-10-14-25(41-2)15-11-22)32(38)35-23-5-3-4-6-23/h7-17,23,30H,3-6,18-19,34H2,1-2H3,(H,35,38)/t30-/m0/s1. The summed E-state index contributed by atoms with van der Waals surface area (Å²) >= 11 is 1.02. The molecule has 2 amide bonds. The zero-order chi connectivity index (χ0) is 30.6. The van der Waals surface area contributed by atoms with Crippen molar-refractivity contribution in [3.63, 3.8) is 0 Å². The van der Waals surface area contributed by atoms with Crippen molar-refractivity contribution in [2.24, 2.45) is 0 Å². The second kappa shape index (κ2) is 12.8. The minimum atomic E-state index is -0.953. The molecule has 44 heavy (non-hydrogen) atoms. The van der Waals surface area contributed by atoms with Gasteiger partial charge in [0.15, 0.2) is 11.5 Å². The van der Waals surface area contributed by atoms with Crippen molar-refractivity contribution in [1.29, 1.82) is 0 Å². The number of methoxy groups -OCH3 is 2. The quantitative estimate of drug-likeness (QED) is 0.237. The van der Waals surface area contributed by atoms with Crippen LogP contribution in [0, 0.1) is 0 Å². The van der Waals surface area contributed by atoms with E-state index >= 15 is 0 Å². The van der Waals surface area contributed by atoms with E-state index in [1.807, 2.05) is 54.6 Å². The highest BCUT2D eigenvalue weighted by molar-refractivity contribution is 7.09. The highest BCUT2D eigenvalue weighted by Crippen LogP contribution is 2.37. The van der Waals surface area contributed by atoms with Gasteiger partial charge in [-0.1, -0.05) is 31.0 Å². The number of nitrogens with one attached hydrogen (secondary N) is 1. The van der Waals surface area contributed by atoms with Crippen molar-refractivity contribution in [3.05, 3.63) is 82.7 Å². The normalized spacial score (nSPS) is 14.7. The smallest absolute Gasteiger partial charge is 0.268 e. The van der Waals surface area contributed by atoms with Crippen LogP contribution in [0.5, 0.6) is 23.0 Å². The average Bonchev–Trinajstić information content (AvgIpc) is 3.82. The first-order valence-electron chi connectivity index (χ1n) is 14.5. The molecule has 6 rings (SSSR count). The molecule has 2 aliphatic rings. The molecule has 1 atom stereocenters. The maximum Gasteiger partial charge on any atom is 0.268 e. The fourth-order valence-electron chi connectivity index (χ4n) is 5.66. The Morgan fingerprint density at radius 2 is 1.64 bits per heavy atom. The number of aromatic nitrogens is 1. The molecule has 0 spiro atoms. The molecule has 228 valence electrons. The Kier molecular flexibility index (Phi) is 8.56. The number of rotatable bonds is 10. The largest absolute Gasteiger partial charge is 0.497 e. The van der Waals surface area contributed by atoms with E-state index in [0.29, 0.717) is 34.3 Å². The molecule has 11 heteroatoms. The van der Waals surface area contributed by atoms with Gasteiger partial charge in [0.2, 0.25) is 12.7 Å². The highest BCUT2D eigenvalue weighted by atomic mass is 32.1. The molecule has 10 nitrogen and oxygen atoms in total. The van der Waals surface area contributed by atoms with Crippen LogP contribution < -0.4 is 30.0 Å². The van der Waals surface area contributed by atoms with E-state index < -0.39 is 11.9 Å². The molecule has 3 N–H and O–H groups in total. The minimum absolute atomic E-state index is 0.0564. The molecule has 1 aliphatic carbocycles. The van der Waals surface area contributed by atoms with Crippen LogP contribution in [-0.4, -0.2) is 48.1 Å².